The lowest BCUT2D eigenvalue weighted by atomic mass is 9.95. The van der Waals surface area contributed by atoms with E-state index in [4.69, 9.17) is 5.11 Å². The van der Waals surface area contributed by atoms with Crippen LogP contribution < -0.4 is 4.90 Å². The zero-order valence-electron chi connectivity index (χ0n) is 15.4. The van der Waals surface area contributed by atoms with E-state index in [1.165, 1.54) is 23.5 Å². The molecule has 156 valence electrons. The summed E-state index contributed by atoms with van der Waals surface area (Å²) < 4.78 is 39.9. The fourth-order valence-electron chi connectivity index (χ4n) is 3.14. The average molecular weight is 436 g/mol. The fourth-order valence-corrected chi connectivity index (χ4v) is 4.02. The van der Waals surface area contributed by atoms with E-state index in [2.05, 4.69) is 20.4 Å². The second-order valence-electron chi connectivity index (χ2n) is 6.51. The highest BCUT2D eigenvalue weighted by molar-refractivity contribution is 7.18. The number of aliphatic carboxylic acids is 1. The number of alkyl halides is 3. The summed E-state index contributed by atoms with van der Waals surface area (Å²) in [5, 5.41) is 21.0. The van der Waals surface area contributed by atoms with Crippen LogP contribution in [-0.4, -0.2) is 49.4 Å². The van der Waals surface area contributed by atoms with Crippen molar-refractivity contribution in [2.45, 2.75) is 19.1 Å². The van der Waals surface area contributed by atoms with Gasteiger partial charge in [0.25, 0.3) is 0 Å². The first kappa shape index (κ1) is 20.0. The van der Waals surface area contributed by atoms with Gasteiger partial charge in [0.2, 0.25) is 5.82 Å². The van der Waals surface area contributed by atoms with Crippen LogP contribution in [0.2, 0.25) is 0 Å². The normalized spacial score (nSPS) is 14.6. The highest BCUT2D eigenvalue weighted by Gasteiger charge is 2.34. The Balaban J connectivity index is 1.50. The van der Waals surface area contributed by atoms with E-state index in [0.717, 1.165) is 10.9 Å². The van der Waals surface area contributed by atoms with Crippen molar-refractivity contribution in [1.82, 2.24) is 25.2 Å². The van der Waals surface area contributed by atoms with Crippen LogP contribution in [0.3, 0.4) is 0 Å². The van der Waals surface area contributed by atoms with Crippen LogP contribution in [0, 0.1) is 0 Å². The summed E-state index contributed by atoms with van der Waals surface area (Å²) in [7, 11) is 0. The summed E-state index contributed by atoms with van der Waals surface area (Å²) in [5.41, 5.74) is 0.245. The lowest BCUT2D eigenvalue weighted by molar-refractivity contribution is -0.138. The van der Waals surface area contributed by atoms with Crippen LogP contribution in [0.15, 0.2) is 36.5 Å². The van der Waals surface area contributed by atoms with E-state index in [0.29, 0.717) is 35.1 Å². The molecule has 0 unspecified atom stereocenters. The number of carbonyl (C=O) groups is 1. The molecule has 1 aliphatic rings. The van der Waals surface area contributed by atoms with Crippen molar-refractivity contribution in [3.63, 3.8) is 0 Å². The van der Waals surface area contributed by atoms with E-state index >= 15 is 0 Å². The molecule has 0 fully saturated rings. The van der Waals surface area contributed by atoms with Crippen LogP contribution in [0.5, 0.6) is 0 Å². The van der Waals surface area contributed by atoms with Crippen molar-refractivity contribution in [2.24, 2.45) is 0 Å². The molecule has 1 aromatic carbocycles. The van der Waals surface area contributed by atoms with Gasteiger partial charge >= 0.3 is 12.1 Å². The van der Waals surface area contributed by atoms with Gasteiger partial charge in [-0.3, -0.25) is 4.79 Å². The quantitative estimate of drug-likeness (QED) is 0.656. The number of hydrogen-bond donors (Lipinski definition) is 1. The number of carboxylic acid groups (broad SMARTS) is 1. The number of thiazole rings is 1. The van der Waals surface area contributed by atoms with Gasteiger partial charge in [-0.2, -0.15) is 18.0 Å². The highest BCUT2D eigenvalue weighted by atomic mass is 32.1. The highest BCUT2D eigenvalue weighted by Crippen LogP contribution is 2.37. The van der Waals surface area contributed by atoms with E-state index in [9.17, 15) is 18.0 Å². The van der Waals surface area contributed by atoms with Crippen molar-refractivity contribution >= 4 is 28.0 Å². The molecule has 0 spiro atoms. The molecule has 3 aromatic rings. The molecule has 0 amide bonds. The number of hydrogen-bond acceptors (Lipinski definition) is 7. The molecule has 4 rings (SSSR count). The second-order valence-corrected chi connectivity index (χ2v) is 7.52. The smallest absolute Gasteiger partial charge is 0.416 e. The first-order valence-electron chi connectivity index (χ1n) is 8.87. The van der Waals surface area contributed by atoms with Crippen molar-refractivity contribution < 1.29 is 23.1 Å². The number of nitrogens with zero attached hydrogens (tertiary/aromatic N) is 6. The summed E-state index contributed by atoms with van der Waals surface area (Å²) in [6, 6.07) is 5.59. The monoisotopic (exact) mass is 436 g/mol. The van der Waals surface area contributed by atoms with Gasteiger partial charge in [-0.1, -0.05) is 35.6 Å². The third kappa shape index (κ3) is 4.17. The van der Waals surface area contributed by atoms with Gasteiger partial charge < -0.3 is 10.0 Å². The van der Waals surface area contributed by atoms with Crippen LogP contribution in [0.25, 0.3) is 16.3 Å². The molecule has 12 heteroatoms. The summed E-state index contributed by atoms with van der Waals surface area (Å²) in [6.07, 6.45) is -0.588. The standard InChI is InChI=1S/C18H15F3N6O2S/c19-18(20,21)13-4-2-1-3-12(13)11-5-7-26(8-6-11)17-22-9-14(30-17)16-23-25-27(24-16)10-15(28)29/h1-5,9H,6-8,10H2,(H,28,29). The molecule has 3 heterocycles. The lowest BCUT2D eigenvalue weighted by Crippen LogP contribution is -2.28. The van der Waals surface area contributed by atoms with E-state index in [1.807, 2.05) is 4.90 Å². The summed E-state index contributed by atoms with van der Waals surface area (Å²) in [4.78, 5) is 18.6. The third-order valence-electron chi connectivity index (χ3n) is 4.50. The number of benzene rings is 1. The Bertz CT molecular complexity index is 1110. The Morgan fingerprint density at radius 2 is 2.07 bits per heavy atom. The van der Waals surface area contributed by atoms with E-state index in [-0.39, 0.29) is 11.4 Å². The zero-order valence-corrected chi connectivity index (χ0v) is 16.2. The minimum atomic E-state index is -4.40. The molecule has 0 saturated heterocycles. The molecule has 0 radical (unpaired) electrons. The maximum Gasteiger partial charge on any atom is 0.416 e. The van der Waals surface area contributed by atoms with Gasteiger partial charge in [0.05, 0.1) is 16.6 Å². The Labute approximate surface area is 172 Å². The van der Waals surface area contributed by atoms with Crippen molar-refractivity contribution in [3.05, 3.63) is 47.7 Å². The van der Waals surface area contributed by atoms with E-state index < -0.39 is 24.3 Å². The Hall–Kier alpha value is -3.28. The topological polar surface area (TPSA) is 97.0 Å². The SMILES string of the molecule is O=C(O)Cn1nnc(-c2cnc(N3CC=C(c4ccccc4C(F)(F)F)CC3)s2)n1. The number of aromatic nitrogens is 5. The largest absolute Gasteiger partial charge is 0.480 e. The van der Waals surface area contributed by atoms with Gasteiger partial charge in [-0.25, -0.2) is 4.98 Å². The van der Waals surface area contributed by atoms with Crippen molar-refractivity contribution in [1.29, 1.82) is 0 Å². The number of rotatable bonds is 5. The average Bonchev–Trinajstić information content (AvgIpc) is 3.37. The first-order chi connectivity index (χ1) is 14.3. The zero-order chi connectivity index (χ0) is 21.3. The minimum Gasteiger partial charge on any atom is -0.480 e. The minimum absolute atomic E-state index is 0.212. The van der Waals surface area contributed by atoms with Gasteiger partial charge in [-0.05, 0) is 28.8 Å². The number of tetrazole rings is 1. The lowest BCUT2D eigenvalue weighted by Gasteiger charge is -2.27. The molecule has 0 atom stereocenters. The molecular weight excluding hydrogens is 421 g/mol. The second kappa shape index (κ2) is 7.86. The Morgan fingerprint density at radius 1 is 1.27 bits per heavy atom. The van der Waals surface area contributed by atoms with Crippen LogP contribution >= 0.6 is 11.3 Å². The molecule has 0 bridgehead atoms. The van der Waals surface area contributed by atoms with Gasteiger partial charge in [0, 0.05) is 13.1 Å². The predicted octanol–water partition coefficient (Wildman–Crippen LogP) is 3.19. The molecule has 1 N–H and O–H groups in total. The van der Waals surface area contributed by atoms with Gasteiger partial charge in [0.15, 0.2) is 11.7 Å². The molecule has 0 aliphatic carbocycles. The molecule has 2 aromatic heterocycles. The molecule has 8 nitrogen and oxygen atoms in total. The Morgan fingerprint density at radius 3 is 2.77 bits per heavy atom. The first-order valence-corrected chi connectivity index (χ1v) is 9.69. The van der Waals surface area contributed by atoms with Crippen molar-refractivity contribution in [3.8, 4) is 10.7 Å². The number of halogens is 3. The van der Waals surface area contributed by atoms with Crippen molar-refractivity contribution in [2.75, 3.05) is 18.0 Å². The van der Waals surface area contributed by atoms with Crippen LogP contribution in [0.1, 0.15) is 17.5 Å². The summed E-state index contributed by atoms with van der Waals surface area (Å²) in [5.74, 6) is -0.806. The number of anilines is 1. The summed E-state index contributed by atoms with van der Waals surface area (Å²) >= 11 is 1.31. The maximum absolute atomic E-state index is 13.3. The van der Waals surface area contributed by atoms with Gasteiger partial charge in [0.1, 0.15) is 0 Å². The van der Waals surface area contributed by atoms with Gasteiger partial charge in [-0.15, -0.1) is 10.2 Å². The molecule has 30 heavy (non-hydrogen) atoms. The third-order valence-corrected chi connectivity index (χ3v) is 5.56. The fraction of sp³-hybridized carbons (Fsp3) is 0.278. The Kier molecular flexibility index (Phi) is 5.24. The van der Waals surface area contributed by atoms with E-state index in [1.54, 1.807) is 18.3 Å². The molecule has 1 aliphatic heterocycles. The van der Waals surface area contributed by atoms with Crippen LogP contribution in [-0.2, 0) is 17.5 Å². The number of carboxylic acids is 1. The summed E-state index contributed by atoms with van der Waals surface area (Å²) in [6.45, 7) is 0.551. The molecule has 0 saturated carbocycles. The molecular formula is C18H15F3N6O2S. The maximum atomic E-state index is 13.3. The van der Waals surface area contributed by atoms with Crippen LogP contribution in [0.4, 0.5) is 18.3 Å². The predicted molar refractivity (Wildman–Crippen MR) is 103 cm³/mol.